The van der Waals surface area contributed by atoms with Gasteiger partial charge in [-0.1, -0.05) is 42.5 Å². The van der Waals surface area contributed by atoms with Crippen molar-refractivity contribution in [2.45, 2.75) is 58.8 Å². The quantitative estimate of drug-likeness (QED) is 0.122. The molecule has 0 unspecified atom stereocenters. The lowest BCUT2D eigenvalue weighted by Crippen LogP contribution is -2.50. The predicted octanol–water partition coefficient (Wildman–Crippen LogP) is 8.76. The van der Waals surface area contributed by atoms with E-state index in [9.17, 15) is 28.6 Å². The fourth-order valence-electron chi connectivity index (χ4n) is 8.83. The molecule has 6 aromatic rings. The molecule has 0 spiro atoms. The summed E-state index contributed by atoms with van der Waals surface area (Å²) in [6.07, 6.45) is 0.997. The van der Waals surface area contributed by atoms with Gasteiger partial charge >= 0.3 is 0 Å². The first-order valence-electron chi connectivity index (χ1n) is 22.0. The minimum absolute atomic E-state index is 0.119. The highest BCUT2D eigenvalue weighted by Gasteiger charge is 2.45. The molecular weight excluding hydrogens is 1070 g/mol. The maximum Gasteiger partial charge on any atom is 0.299 e. The zero-order valence-corrected chi connectivity index (χ0v) is 41.8. The molecule has 15 nitrogen and oxygen atoms in total. The minimum Gasteiger partial charge on any atom is -0.507 e. The number of benzene rings is 4. The van der Waals surface area contributed by atoms with Crippen LogP contribution in [-0.2, 0) is 25.9 Å². The van der Waals surface area contributed by atoms with Crippen LogP contribution in [-0.4, -0.2) is 108 Å². The maximum absolute atomic E-state index is 14.3. The molecule has 0 fully saturated rings. The first-order chi connectivity index (χ1) is 32.8. The summed E-state index contributed by atoms with van der Waals surface area (Å²) >= 11 is 10.2. The molecule has 0 bridgehead atoms. The first kappa shape index (κ1) is 47.0. The number of carbonyl (C=O) groups is 2. The molecule has 4 aromatic carbocycles. The van der Waals surface area contributed by atoms with Crippen LogP contribution < -0.4 is 14.5 Å². The monoisotopic (exact) mass is 1120 g/mol. The Labute approximate surface area is 415 Å². The highest BCUT2D eigenvalue weighted by Crippen LogP contribution is 2.38. The predicted molar refractivity (Wildman–Crippen MR) is 264 cm³/mol. The molecule has 68 heavy (non-hydrogen) atoms. The third kappa shape index (κ3) is 9.00. The van der Waals surface area contributed by atoms with Gasteiger partial charge in [-0.05, 0) is 146 Å². The van der Waals surface area contributed by atoms with Crippen molar-refractivity contribution in [1.82, 2.24) is 28.9 Å². The summed E-state index contributed by atoms with van der Waals surface area (Å²) in [5, 5.41) is 19.7. The summed E-state index contributed by atoms with van der Waals surface area (Å²) < 4.78 is 39.0. The molecular formula is C48H45Br3F2N10O5. The number of imidazole rings is 2. The van der Waals surface area contributed by atoms with Gasteiger partial charge in [0.25, 0.3) is 17.8 Å². The Hall–Kier alpha value is -6.12. The number of hydrogen-bond donors (Lipinski definition) is 2. The molecule has 0 radical (unpaired) electrons. The number of carbonyl (C=O) groups excluding carboxylic acids is 2. The third-order valence-electron chi connectivity index (χ3n) is 12.0. The smallest absolute Gasteiger partial charge is 0.299 e. The van der Waals surface area contributed by atoms with Crippen LogP contribution in [0.3, 0.4) is 0 Å². The van der Waals surface area contributed by atoms with Crippen LogP contribution in [0.2, 0.25) is 0 Å². The van der Waals surface area contributed by atoms with Crippen LogP contribution in [0.5, 0.6) is 17.5 Å². The number of halogens is 5. The van der Waals surface area contributed by atoms with E-state index in [2.05, 4.69) is 52.8 Å². The number of fused-ring (bicyclic) bond motifs is 6. The number of guanidine groups is 2. The van der Waals surface area contributed by atoms with Gasteiger partial charge in [-0.3, -0.25) is 33.8 Å². The van der Waals surface area contributed by atoms with E-state index in [4.69, 9.17) is 19.7 Å². The molecule has 4 aliphatic heterocycles. The fourth-order valence-corrected chi connectivity index (χ4v) is 10.2. The zero-order valence-electron chi connectivity index (χ0n) is 37.1. The van der Waals surface area contributed by atoms with Gasteiger partial charge in [-0.2, -0.15) is 4.98 Å². The van der Waals surface area contributed by atoms with Crippen LogP contribution in [0.4, 0.5) is 20.4 Å². The summed E-state index contributed by atoms with van der Waals surface area (Å²) in [4.78, 5) is 53.3. The summed E-state index contributed by atoms with van der Waals surface area (Å²) in [6, 6.07) is 23.6. The molecule has 0 saturated heterocycles. The summed E-state index contributed by atoms with van der Waals surface area (Å²) in [7, 11) is 0. The van der Waals surface area contributed by atoms with E-state index < -0.39 is 0 Å². The zero-order chi connectivity index (χ0) is 48.0. The van der Waals surface area contributed by atoms with E-state index in [1.807, 2.05) is 59.4 Å². The second-order valence-corrected chi connectivity index (χ2v) is 18.8. The summed E-state index contributed by atoms with van der Waals surface area (Å²) in [5.41, 5.74) is 4.13. The van der Waals surface area contributed by atoms with Gasteiger partial charge in [-0.15, -0.1) is 0 Å². The normalized spacial score (nSPS) is 17.1. The number of phenols is 2. The van der Waals surface area contributed by atoms with Gasteiger partial charge in [0.05, 0.1) is 53.8 Å². The highest BCUT2D eigenvalue weighted by molar-refractivity contribution is 9.11. The van der Waals surface area contributed by atoms with E-state index >= 15 is 0 Å². The van der Waals surface area contributed by atoms with Crippen molar-refractivity contribution in [3.8, 4) is 17.5 Å². The molecule has 352 valence electrons. The lowest BCUT2D eigenvalue weighted by Gasteiger charge is -2.33. The lowest BCUT2D eigenvalue weighted by molar-refractivity contribution is 0.0827. The number of rotatable bonds is 12. The number of ether oxygens (including phenoxy) is 1. The van der Waals surface area contributed by atoms with Crippen LogP contribution >= 0.6 is 47.8 Å². The average molecular weight is 1120 g/mol. The Bertz CT molecular complexity index is 3020. The third-order valence-corrected chi connectivity index (χ3v) is 13.8. The van der Waals surface area contributed by atoms with Gasteiger partial charge < -0.3 is 19.5 Å². The SMILES string of the molecule is CCN1C(=O)c2c(nc(Br)n2Cc2ccc(O)c(Br)c2)N2C[C@@H](Cc3cccc(F)c3)N=C12.CCOc1nc2c(n1Cc1ccc(O)c(Br)c1)C(=O)N(CC)C1=N[C@H](Cc3ccccc3F)CN12. The van der Waals surface area contributed by atoms with Crippen molar-refractivity contribution in [3.05, 3.63) is 144 Å². The van der Waals surface area contributed by atoms with E-state index in [1.165, 1.54) is 18.2 Å². The van der Waals surface area contributed by atoms with Gasteiger partial charge in [-0.25, -0.2) is 23.7 Å². The van der Waals surface area contributed by atoms with E-state index in [1.54, 1.807) is 56.8 Å². The van der Waals surface area contributed by atoms with Gasteiger partial charge in [0.2, 0.25) is 11.9 Å². The number of phenolic OH excluding ortho intramolecular Hbond substituents is 2. The second kappa shape index (κ2) is 19.5. The highest BCUT2D eigenvalue weighted by atomic mass is 79.9. The van der Waals surface area contributed by atoms with Crippen LogP contribution in [0.1, 0.15) is 64.0 Å². The molecule has 0 aliphatic carbocycles. The number of hydrogen-bond acceptors (Lipinski definition) is 11. The van der Waals surface area contributed by atoms with Crippen molar-refractivity contribution in [3.63, 3.8) is 0 Å². The Morgan fingerprint density at radius 3 is 1.78 bits per heavy atom. The Morgan fingerprint density at radius 2 is 1.22 bits per heavy atom. The number of aromatic hydroxyl groups is 2. The van der Waals surface area contributed by atoms with Gasteiger partial charge in [0.15, 0.2) is 27.8 Å². The molecule has 10 rings (SSSR count). The van der Waals surface area contributed by atoms with Crippen molar-refractivity contribution in [2.24, 2.45) is 9.98 Å². The number of anilines is 2. The summed E-state index contributed by atoms with van der Waals surface area (Å²) in [5.74, 6) is 1.57. The van der Waals surface area contributed by atoms with Gasteiger partial charge in [0, 0.05) is 13.1 Å². The molecule has 4 aliphatic rings. The molecule has 6 heterocycles. The average Bonchev–Trinajstić information content (AvgIpc) is 4.09. The van der Waals surface area contributed by atoms with Crippen molar-refractivity contribution < 1.29 is 33.3 Å². The lowest BCUT2D eigenvalue weighted by atomic mass is 10.1. The van der Waals surface area contributed by atoms with Crippen LogP contribution in [0.15, 0.2) is 109 Å². The van der Waals surface area contributed by atoms with Gasteiger partial charge in [0.1, 0.15) is 23.1 Å². The van der Waals surface area contributed by atoms with Crippen molar-refractivity contribution >= 4 is 83.2 Å². The summed E-state index contributed by atoms with van der Waals surface area (Å²) in [6.45, 7) is 8.72. The standard InChI is InChI=1S/C25H25BrFN5O3.C23H20Br2FN5O2/c1-3-30-23(34)21-22(32-14-17(28-24(30)32)12-16-7-5-6-8-19(16)27)29-25(35-4-2)31(21)13-15-9-10-20(33)18(26)11-15;1-2-29-21(33)19-20(28-22(25)30(19)11-14-6-7-18(32)17(24)10-14)31-12-16(27-23(29)31)9-13-4-3-5-15(26)8-13/h5-11,17,33H,3-4,12-14H2,1-2H3;3-8,10,16,32H,2,9,11-12H2,1H3/t17-;16-/m11/s1. The van der Waals surface area contributed by atoms with Crippen LogP contribution in [0.25, 0.3) is 0 Å². The second-order valence-electron chi connectivity index (χ2n) is 16.4. The number of amides is 2. The van der Waals surface area contributed by atoms with Crippen molar-refractivity contribution in [2.75, 3.05) is 42.6 Å². The molecule has 2 aromatic heterocycles. The molecule has 0 saturated carbocycles. The Balaban J connectivity index is 0.000000170. The largest absolute Gasteiger partial charge is 0.507 e. The minimum atomic E-state index is -0.271. The first-order valence-corrected chi connectivity index (χ1v) is 24.4. The molecule has 2 amide bonds. The van der Waals surface area contributed by atoms with Crippen molar-refractivity contribution in [1.29, 1.82) is 0 Å². The number of aromatic nitrogens is 4. The number of nitrogens with zero attached hydrogens (tertiary/aromatic N) is 10. The topological polar surface area (TPSA) is 157 Å². The van der Waals surface area contributed by atoms with E-state index in [-0.39, 0.29) is 47.0 Å². The fraction of sp³-hybridized carbons (Fsp3) is 0.292. The van der Waals surface area contributed by atoms with Crippen LogP contribution in [0, 0.1) is 11.6 Å². The Morgan fingerprint density at radius 1 is 0.662 bits per heavy atom. The molecule has 2 N–H and O–H groups in total. The molecule has 20 heteroatoms. The maximum atomic E-state index is 14.3. The van der Waals surface area contributed by atoms with E-state index in [0.29, 0.717) is 119 Å². The molecule has 2 atom stereocenters. The van der Waals surface area contributed by atoms with E-state index in [0.717, 1.165) is 16.7 Å². The number of aliphatic imine (C=N–C) groups is 2. The Kier molecular flexibility index (Phi) is 13.4.